The van der Waals surface area contributed by atoms with Crippen molar-refractivity contribution in [1.29, 1.82) is 0 Å². The van der Waals surface area contributed by atoms with Crippen molar-refractivity contribution < 1.29 is 22.7 Å². The molecule has 5 nitrogen and oxygen atoms in total. The number of benzene rings is 2. The molecule has 4 rings (SSSR count). The molecule has 0 unspecified atom stereocenters. The van der Waals surface area contributed by atoms with E-state index in [-0.39, 0.29) is 5.69 Å². The van der Waals surface area contributed by atoms with E-state index < -0.39 is 34.0 Å². The Labute approximate surface area is 191 Å². The molecule has 1 aliphatic heterocycles. The van der Waals surface area contributed by atoms with Gasteiger partial charge in [-0.15, -0.1) is 0 Å². The van der Waals surface area contributed by atoms with Gasteiger partial charge in [-0.25, -0.2) is 0 Å². The van der Waals surface area contributed by atoms with Crippen molar-refractivity contribution in [3.8, 4) is 5.75 Å². The van der Waals surface area contributed by atoms with E-state index in [4.69, 9.17) is 16.3 Å². The number of halogens is 4. The standard InChI is InChI=1S/C22H19ClF3N3O2S/c1-12-3-10-18-29(12)28-19(13-4-7-15(31-2)8-5-13)20(32-18)21(30)27-14-6-9-17(23)16(11-14)22(24,25)26/h3-11,19-20,28H,1-2H3,(H,27,30)/t19-,20+/m0/s1. The highest BCUT2D eigenvalue weighted by Gasteiger charge is 2.37. The van der Waals surface area contributed by atoms with Crippen LogP contribution < -0.4 is 15.5 Å². The molecule has 3 aromatic rings. The molecule has 2 aromatic carbocycles. The Balaban J connectivity index is 1.65. The molecule has 1 amide bonds. The van der Waals surface area contributed by atoms with Gasteiger partial charge in [-0.1, -0.05) is 35.5 Å². The fourth-order valence-corrected chi connectivity index (χ4v) is 4.93. The van der Waals surface area contributed by atoms with Gasteiger partial charge in [0.15, 0.2) is 0 Å². The molecule has 2 heterocycles. The smallest absolute Gasteiger partial charge is 0.417 e. The maximum atomic E-state index is 13.2. The first-order valence-electron chi connectivity index (χ1n) is 9.60. The summed E-state index contributed by atoms with van der Waals surface area (Å²) in [6, 6.07) is 14.0. The van der Waals surface area contributed by atoms with Crippen LogP contribution in [-0.2, 0) is 11.0 Å². The zero-order chi connectivity index (χ0) is 23.0. The van der Waals surface area contributed by atoms with Gasteiger partial charge in [0.25, 0.3) is 0 Å². The lowest BCUT2D eigenvalue weighted by atomic mass is 10.0. The number of fused-ring (bicyclic) bond motifs is 1. The Morgan fingerprint density at radius 3 is 2.53 bits per heavy atom. The first-order chi connectivity index (χ1) is 15.2. The molecular weight excluding hydrogens is 463 g/mol. The van der Waals surface area contributed by atoms with Crippen molar-refractivity contribution in [2.45, 2.75) is 29.4 Å². The predicted molar refractivity (Wildman–Crippen MR) is 119 cm³/mol. The number of anilines is 1. The lowest BCUT2D eigenvalue weighted by Gasteiger charge is -2.34. The van der Waals surface area contributed by atoms with Crippen LogP contribution >= 0.6 is 23.4 Å². The third-order valence-corrected chi connectivity index (χ3v) is 6.76. The maximum absolute atomic E-state index is 13.2. The minimum atomic E-state index is -4.62. The summed E-state index contributed by atoms with van der Waals surface area (Å²) in [6.45, 7) is 1.94. The fraction of sp³-hybridized carbons (Fsp3) is 0.227. The van der Waals surface area contributed by atoms with Crippen LogP contribution in [-0.4, -0.2) is 22.9 Å². The van der Waals surface area contributed by atoms with E-state index in [1.807, 2.05) is 35.9 Å². The van der Waals surface area contributed by atoms with E-state index in [1.54, 1.807) is 19.2 Å². The first-order valence-corrected chi connectivity index (χ1v) is 10.9. The third-order valence-electron chi connectivity index (χ3n) is 5.13. The molecule has 0 spiro atoms. The van der Waals surface area contributed by atoms with Crippen molar-refractivity contribution in [2.75, 3.05) is 17.9 Å². The second kappa shape index (κ2) is 8.63. The molecule has 0 bridgehead atoms. The Kier molecular flexibility index (Phi) is 6.05. The minimum Gasteiger partial charge on any atom is -0.497 e. The van der Waals surface area contributed by atoms with E-state index in [0.29, 0.717) is 5.75 Å². The van der Waals surface area contributed by atoms with Gasteiger partial charge in [-0.3, -0.25) is 9.47 Å². The molecule has 1 aromatic heterocycles. The third kappa shape index (κ3) is 4.40. The van der Waals surface area contributed by atoms with E-state index in [1.165, 1.54) is 17.8 Å². The second-order valence-electron chi connectivity index (χ2n) is 7.25. The number of nitrogens with zero attached hydrogens (tertiary/aromatic N) is 1. The minimum absolute atomic E-state index is 0.0259. The van der Waals surface area contributed by atoms with Gasteiger partial charge < -0.3 is 15.5 Å². The molecule has 2 N–H and O–H groups in total. The maximum Gasteiger partial charge on any atom is 0.417 e. The highest BCUT2D eigenvalue weighted by Crippen LogP contribution is 2.40. The van der Waals surface area contributed by atoms with Crippen molar-refractivity contribution >= 4 is 35.0 Å². The number of amides is 1. The van der Waals surface area contributed by atoms with Crippen molar-refractivity contribution in [1.82, 2.24) is 4.68 Å². The van der Waals surface area contributed by atoms with E-state index in [2.05, 4.69) is 10.7 Å². The number of thioether (sulfide) groups is 1. The number of ether oxygens (including phenoxy) is 1. The molecular formula is C22H19ClF3N3O2S. The van der Waals surface area contributed by atoms with Crippen LogP contribution in [0, 0.1) is 6.92 Å². The van der Waals surface area contributed by atoms with Gasteiger partial charge in [-0.2, -0.15) is 13.2 Å². The van der Waals surface area contributed by atoms with Crippen LogP contribution in [0.5, 0.6) is 5.75 Å². The quantitative estimate of drug-likeness (QED) is 0.489. The lowest BCUT2D eigenvalue weighted by molar-refractivity contribution is -0.137. The van der Waals surface area contributed by atoms with Crippen LogP contribution in [0.15, 0.2) is 59.6 Å². The van der Waals surface area contributed by atoms with E-state index in [0.717, 1.165) is 28.4 Å². The van der Waals surface area contributed by atoms with Gasteiger partial charge in [0.2, 0.25) is 5.91 Å². The molecule has 10 heteroatoms. The molecule has 2 atom stereocenters. The summed E-state index contributed by atoms with van der Waals surface area (Å²) in [5.41, 5.74) is 4.19. The second-order valence-corrected chi connectivity index (χ2v) is 8.82. The zero-order valence-electron chi connectivity index (χ0n) is 17.0. The van der Waals surface area contributed by atoms with Crippen LogP contribution in [0.1, 0.15) is 22.9 Å². The summed E-state index contributed by atoms with van der Waals surface area (Å²) < 4.78 is 46.7. The van der Waals surface area contributed by atoms with Crippen LogP contribution in [0.4, 0.5) is 18.9 Å². The number of hydrogen-bond donors (Lipinski definition) is 2. The van der Waals surface area contributed by atoms with Gasteiger partial charge >= 0.3 is 6.18 Å². The SMILES string of the molecule is COc1ccc([C@@H]2Nn3c(C)ccc3S[C@H]2C(=O)Nc2ccc(Cl)c(C(F)(F)F)c2)cc1. The number of methoxy groups -OCH3 is 1. The molecule has 168 valence electrons. The number of aromatic nitrogens is 1. The zero-order valence-corrected chi connectivity index (χ0v) is 18.6. The summed E-state index contributed by atoms with van der Waals surface area (Å²) in [7, 11) is 1.57. The highest BCUT2D eigenvalue weighted by molar-refractivity contribution is 8.00. The summed E-state index contributed by atoms with van der Waals surface area (Å²) in [5, 5.41) is 2.39. The fourth-order valence-electron chi connectivity index (χ4n) is 3.48. The van der Waals surface area contributed by atoms with Crippen LogP contribution in [0.3, 0.4) is 0 Å². The van der Waals surface area contributed by atoms with Crippen molar-refractivity contribution in [3.63, 3.8) is 0 Å². The number of carbonyl (C=O) groups is 1. The Morgan fingerprint density at radius 1 is 1.16 bits per heavy atom. The largest absolute Gasteiger partial charge is 0.497 e. The van der Waals surface area contributed by atoms with Crippen LogP contribution in [0.25, 0.3) is 0 Å². The monoisotopic (exact) mass is 481 g/mol. The molecule has 0 saturated heterocycles. The summed E-state index contributed by atoms with van der Waals surface area (Å²) in [4.78, 5) is 13.2. The average molecular weight is 482 g/mol. The summed E-state index contributed by atoms with van der Waals surface area (Å²) in [6.07, 6.45) is -4.62. The lowest BCUT2D eigenvalue weighted by Crippen LogP contribution is -2.41. The first kappa shape index (κ1) is 22.4. The number of aryl methyl sites for hydroxylation is 1. The number of nitrogens with one attached hydrogen (secondary N) is 2. The van der Waals surface area contributed by atoms with Crippen molar-refractivity contribution in [2.24, 2.45) is 0 Å². The number of alkyl halides is 3. The molecule has 1 aliphatic rings. The summed E-state index contributed by atoms with van der Waals surface area (Å²) in [5.74, 6) is 0.251. The average Bonchev–Trinajstić information content (AvgIpc) is 3.13. The van der Waals surface area contributed by atoms with Crippen LogP contribution in [0.2, 0.25) is 5.02 Å². The molecule has 0 radical (unpaired) electrons. The Hall–Kier alpha value is -2.78. The van der Waals surface area contributed by atoms with E-state index >= 15 is 0 Å². The molecule has 0 aliphatic carbocycles. The Bertz CT molecular complexity index is 1150. The van der Waals surface area contributed by atoms with E-state index in [9.17, 15) is 18.0 Å². The predicted octanol–water partition coefficient (Wildman–Crippen LogP) is 5.88. The van der Waals surface area contributed by atoms with Gasteiger partial charge in [-0.05, 0) is 55.0 Å². The number of hydrogen-bond acceptors (Lipinski definition) is 4. The summed E-state index contributed by atoms with van der Waals surface area (Å²) >= 11 is 7.03. The molecule has 0 fully saturated rings. The van der Waals surface area contributed by atoms with Gasteiger partial charge in [0.1, 0.15) is 11.0 Å². The topological polar surface area (TPSA) is 55.3 Å². The number of rotatable bonds is 4. The molecule has 32 heavy (non-hydrogen) atoms. The highest BCUT2D eigenvalue weighted by atomic mass is 35.5. The normalized spacial score (nSPS) is 17.9. The van der Waals surface area contributed by atoms with Gasteiger partial charge in [0.05, 0.1) is 28.8 Å². The molecule has 0 saturated carbocycles. The van der Waals surface area contributed by atoms with Gasteiger partial charge in [0, 0.05) is 11.4 Å². The number of carbonyl (C=O) groups excluding carboxylic acids is 1. The Morgan fingerprint density at radius 2 is 1.88 bits per heavy atom. The van der Waals surface area contributed by atoms with Crippen molar-refractivity contribution in [3.05, 3.63) is 76.4 Å².